The van der Waals surface area contributed by atoms with E-state index in [-0.39, 0.29) is 17.1 Å². The number of rotatable bonds is 6. The van der Waals surface area contributed by atoms with E-state index < -0.39 is 47.6 Å². The minimum atomic E-state index is -4.86. The summed E-state index contributed by atoms with van der Waals surface area (Å²) in [5.74, 6) is -1.83. The summed E-state index contributed by atoms with van der Waals surface area (Å²) in [5, 5.41) is 5.97. The minimum absolute atomic E-state index is 0.106. The first-order valence-corrected chi connectivity index (χ1v) is 11.5. The van der Waals surface area contributed by atoms with Gasteiger partial charge in [0.1, 0.15) is 4.90 Å². The Kier molecular flexibility index (Phi) is 6.13. The van der Waals surface area contributed by atoms with E-state index in [4.69, 9.17) is 9.29 Å². The van der Waals surface area contributed by atoms with E-state index in [1.807, 2.05) is 0 Å². The van der Waals surface area contributed by atoms with Crippen LogP contribution in [0.4, 0.5) is 5.69 Å². The smallest absolute Gasteiger partial charge is 0.344 e. The van der Waals surface area contributed by atoms with E-state index in [2.05, 4.69) is 10.4 Å². The van der Waals surface area contributed by atoms with Crippen molar-refractivity contribution in [3.63, 3.8) is 0 Å². The van der Waals surface area contributed by atoms with E-state index >= 15 is 0 Å². The summed E-state index contributed by atoms with van der Waals surface area (Å²) in [4.78, 5) is 23.2. The van der Waals surface area contributed by atoms with Gasteiger partial charge in [-0.25, -0.2) is 9.48 Å². The summed E-state index contributed by atoms with van der Waals surface area (Å²) in [7, 11) is -8.21. The monoisotopic (exact) mass is 481 g/mol. The molecule has 0 aliphatic heterocycles. The summed E-state index contributed by atoms with van der Waals surface area (Å²) in [6.07, 6.45) is 0. The molecule has 12 nitrogen and oxygen atoms in total. The molecular formula is C18H15N3O9S2. The van der Waals surface area contributed by atoms with Crippen molar-refractivity contribution in [1.82, 2.24) is 9.78 Å². The molecule has 0 aliphatic carbocycles. The van der Waals surface area contributed by atoms with E-state index in [0.717, 1.165) is 16.8 Å². The molecule has 0 radical (unpaired) electrons. The van der Waals surface area contributed by atoms with Crippen LogP contribution in [0, 0.1) is 0 Å². The van der Waals surface area contributed by atoms with Crippen LogP contribution in [-0.2, 0) is 27.3 Å². The molecule has 0 bridgehead atoms. The van der Waals surface area contributed by atoms with Gasteiger partial charge in [-0.1, -0.05) is 18.2 Å². The molecule has 0 atom stereocenters. The lowest BCUT2D eigenvalue weighted by atomic mass is 10.2. The predicted molar refractivity (Wildman–Crippen MR) is 109 cm³/mol. The second-order valence-electron chi connectivity index (χ2n) is 6.31. The maximum atomic E-state index is 12.6. The molecule has 32 heavy (non-hydrogen) atoms. The van der Waals surface area contributed by atoms with Crippen LogP contribution in [-0.4, -0.2) is 47.6 Å². The van der Waals surface area contributed by atoms with Crippen molar-refractivity contribution in [3.8, 4) is 5.88 Å². The Balaban J connectivity index is 1.90. The fourth-order valence-corrected chi connectivity index (χ4v) is 3.70. The highest BCUT2D eigenvalue weighted by molar-refractivity contribution is 7.86. The van der Waals surface area contributed by atoms with Crippen molar-refractivity contribution in [3.05, 3.63) is 65.9 Å². The average Bonchev–Trinajstić information content (AvgIpc) is 3.07. The van der Waals surface area contributed by atoms with Crippen LogP contribution < -0.4 is 10.1 Å². The number of esters is 1. The fourth-order valence-electron chi connectivity index (χ4n) is 2.56. The quantitative estimate of drug-likeness (QED) is 0.343. The zero-order valence-electron chi connectivity index (χ0n) is 16.2. The molecule has 0 aliphatic rings. The third kappa shape index (κ3) is 5.17. The normalized spacial score (nSPS) is 11.7. The number of carbonyl (C=O) groups is 2. The average molecular weight is 481 g/mol. The highest BCUT2D eigenvalue weighted by Gasteiger charge is 2.23. The SMILES string of the molecule is Cn1nc(C(=O)Nc2cc(S(=O)(=O)O)ccc2S(=O)(=O)O)cc1OC(=O)c1ccccc1. The van der Waals surface area contributed by atoms with E-state index in [1.54, 1.807) is 18.2 Å². The molecule has 0 spiro atoms. The van der Waals surface area contributed by atoms with Crippen LogP contribution in [0.3, 0.4) is 0 Å². The topological polar surface area (TPSA) is 182 Å². The largest absolute Gasteiger partial charge is 0.404 e. The second kappa shape index (κ2) is 8.51. The standard InChI is InChI=1S/C18H15N3O9S2/c1-21-16(30-18(23)11-5-3-2-4-6-11)10-14(20-21)17(22)19-13-9-12(31(24,25)26)7-8-15(13)32(27,28)29/h2-10H,1H3,(H,19,22)(H,24,25,26)(H,27,28,29). The number of aryl methyl sites for hydroxylation is 1. The van der Waals surface area contributed by atoms with E-state index in [1.165, 1.54) is 19.2 Å². The lowest BCUT2D eigenvalue weighted by molar-refractivity contribution is 0.0719. The number of amides is 1. The fraction of sp³-hybridized carbons (Fsp3) is 0.0556. The van der Waals surface area contributed by atoms with Gasteiger partial charge >= 0.3 is 5.97 Å². The zero-order chi connectivity index (χ0) is 23.7. The van der Waals surface area contributed by atoms with E-state index in [0.29, 0.717) is 12.1 Å². The van der Waals surface area contributed by atoms with Crippen LogP contribution in [0.15, 0.2) is 64.4 Å². The molecule has 2 aromatic carbocycles. The molecule has 3 aromatic rings. The first kappa shape index (κ1) is 23.1. The molecule has 0 fully saturated rings. The van der Waals surface area contributed by atoms with Crippen molar-refractivity contribution in [2.24, 2.45) is 7.05 Å². The Labute approximate surface area is 181 Å². The molecule has 1 aromatic heterocycles. The van der Waals surface area contributed by atoms with Gasteiger partial charge < -0.3 is 10.1 Å². The number of nitrogens with one attached hydrogen (secondary N) is 1. The first-order valence-electron chi connectivity index (χ1n) is 8.58. The third-order valence-corrected chi connectivity index (χ3v) is 5.81. The lowest BCUT2D eigenvalue weighted by Crippen LogP contribution is -2.16. The van der Waals surface area contributed by atoms with Crippen molar-refractivity contribution in [2.45, 2.75) is 9.79 Å². The van der Waals surface area contributed by atoms with Gasteiger partial charge in [-0.15, -0.1) is 0 Å². The number of hydrogen-bond donors (Lipinski definition) is 3. The predicted octanol–water partition coefficient (Wildman–Crippen LogP) is 1.39. The summed E-state index contributed by atoms with van der Waals surface area (Å²) in [5.41, 5.74) is -0.692. The lowest BCUT2D eigenvalue weighted by Gasteiger charge is -2.09. The van der Waals surface area contributed by atoms with Crippen molar-refractivity contribution in [1.29, 1.82) is 0 Å². The highest BCUT2D eigenvalue weighted by atomic mass is 32.2. The number of anilines is 1. The van der Waals surface area contributed by atoms with Gasteiger partial charge in [0.05, 0.1) is 16.1 Å². The third-order valence-electron chi connectivity index (χ3n) is 4.05. The molecule has 0 unspecified atom stereocenters. The molecule has 0 saturated heterocycles. The van der Waals surface area contributed by atoms with Crippen molar-refractivity contribution >= 4 is 37.8 Å². The van der Waals surface area contributed by atoms with Crippen LogP contribution in [0.2, 0.25) is 0 Å². The van der Waals surface area contributed by atoms with Gasteiger partial charge in [-0.3, -0.25) is 13.9 Å². The molecular weight excluding hydrogens is 466 g/mol. The summed E-state index contributed by atoms with van der Waals surface area (Å²) < 4.78 is 70.6. The van der Waals surface area contributed by atoms with Gasteiger partial charge in [0.25, 0.3) is 26.1 Å². The number of benzene rings is 2. The summed E-state index contributed by atoms with van der Waals surface area (Å²) >= 11 is 0. The maximum absolute atomic E-state index is 12.6. The number of hydrogen-bond acceptors (Lipinski definition) is 8. The Morgan fingerprint density at radius 3 is 2.22 bits per heavy atom. The first-order chi connectivity index (χ1) is 14.9. The number of ether oxygens (including phenoxy) is 1. The molecule has 1 heterocycles. The van der Waals surface area contributed by atoms with Crippen molar-refractivity contribution in [2.75, 3.05) is 5.32 Å². The maximum Gasteiger partial charge on any atom is 0.344 e. The van der Waals surface area contributed by atoms with Crippen LogP contribution in [0.5, 0.6) is 5.88 Å². The van der Waals surface area contributed by atoms with Gasteiger partial charge in [-0.2, -0.15) is 21.9 Å². The highest BCUT2D eigenvalue weighted by Crippen LogP contribution is 2.26. The molecule has 168 valence electrons. The molecule has 3 N–H and O–H groups in total. The van der Waals surface area contributed by atoms with Crippen LogP contribution in [0.1, 0.15) is 20.8 Å². The number of aromatic nitrogens is 2. The van der Waals surface area contributed by atoms with Gasteiger partial charge in [0.15, 0.2) is 5.69 Å². The van der Waals surface area contributed by atoms with Gasteiger partial charge in [-0.05, 0) is 30.3 Å². The molecule has 14 heteroatoms. The number of nitrogens with zero attached hydrogens (tertiary/aromatic N) is 2. The second-order valence-corrected chi connectivity index (χ2v) is 9.12. The van der Waals surface area contributed by atoms with Gasteiger partial charge in [0.2, 0.25) is 5.88 Å². The Morgan fingerprint density at radius 1 is 0.969 bits per heavy atom. The van der Waals surface area contributed by atoms with Crippen LogP contribution >= 0.6 is 0 Å². The summed E-state index contributed by atoms with van der Waals surface area (Å²) in [6.45, 7) is 0. The minimum Gasteiger partial charge on any atom is -0.404 e. The van der Waals surface area contributed by atoms with Crippen molar-refractivity contribution < 1.29 is 40.3 Å². The molecule has 0 saturated carbocycles. The molecule has 1 amide bonds. The zero-order valence-corrected chi connectivity index (χ0v) is 17.8. The Bertz CT molecular complexity index is 1410. The summed E-state index contributed by atoms with van der Waals surface area (Å²) in [6, 6.07) is 11.2. The Hall–Kier alpha value is -3.59. The molecule has 3 rings (SSSR count). The number of carbonyl (C=O) groups excluding carboxylic acids is 2. The van der Waals surface area contributed by atoms with Crippen LogP contribution in [0.25, 0.3) is 0 Å². The van der Waals surface area contributed by atoms with Gasteiger partial charge in [0, 0.05) is 13.1 Å². The van der Waals surface area contributed by atoms with E-state index in [9.17, 15) is 31.0 Å². The Morgan fingerprint density at radius 2 is 1.62 bits per heavy atom.